The molecule has 2 fully saturated rings. The SMILES string of the molecule is Cc1cccc(CNC(=O)C2(C(=O)N3CCN(c4ncccn4)CC3)CC2)c1. The number of piperazine rings is 1. The van der Waals surface area contributed by atoms with E-state index in [0.717, 1.165) is 11.1 Å². The number of aromatic nitrogens is 2. The maximum absolute atomic E-state index is 13.0. The molecule has 0 radical (unpaired) electrons. The Morgan fingerprint density at radius 2 is 1.79 bits per heavy atom. The molecule has 7 heteroatoms. The van der Waals surface area contributed by atoms with Crippen LogP contribution in [0.15, 0.2) is 42.7 Å². The van der Waals surface area contributed by atoms with Crippen LogP contribution in [-0.2, 0) is 16.1 Å². The van der Waals surface area contributed by atoms with Crippen molar-refractivity contribution in [2.24, 2.45) is 5.41 Å². The van der Waals surface area contributed by atoms with Gasteiger partial charge in [-0.1, -0.05) is 29.8 Å². The fraction of sp³-hybridized carbons (Fsp3) is 0.429. The molecule has 1 aliphatic heterocycles. The molecule has 1 aliphatic carbocycles. The second-order valence-electron chi connectivity index (χ2n) is 7.58. The van der Waals surface area contributed by atoms with Crippen LogP contribution in [0.25, 0.3) is 0 Å². The smallest absolute Gasteiger partial charge is 0.238 e. The van der Waals surface area contributed by atoms with Gasteiger partial charge >= 0.3 is 0 Å². The zero-order chi connectivity index (χ0) is 19.6. The van der Waals surface area contributed by atoms with Gasteiger partial charge in [0.25, 0.3) is 0 Å². The highest BCUT2D eigenvalue weighted by Gasteiger charge is 2.58. The number of benzene rings is 1. The summed E-state index contributed by atoms with van der Waals surface area (Å²) in [7, 11) is 0. The van der Waals surface area contributed by atoms with E-state index in [1.807, 2.05) is 36.1 Å². The molecule has 0 spiro atoms. The van der Waals surface area contributed by atoms with E-state index in [2.05, 4.69) is 20.2 Å². The van der Waals surface area contributed by atoms with Crippen molar-refractivity contribution in [2.75, 3.05) is 31.1 Å². The van der Waals surface area contributed by atoms with Gasteiger partial charge in [0.1, 0.15) is 5.41 Å². The monoisotopic (exact) mass is 379 g/mol. The molecule has 1 saturated heterocycles. The lowest BCUT2D eigenvalue weighted by molar-refractivity contribution is -0.144. The van der Waals surface area contributed by atoms with Crippen LogP contribution in [0.2, 0.25) is 0 Å². The number of nitrogens with zero attached hydrogens (tertiary/aromatic N) is 4. The van der Waals surface area contributed by atoms with E-state index in [9.17, 15) is 9.59 Å². The molecular formula is C21H25N5O2. The zero-order valence-corrected chi connectivity index (χ0v) is 16.1. The van der Waals surface area contributed by atoms with Gasteiger partial charge < -0.3 is 15.1 Å². The van der Waals surface area contributed by atoms with Crippen molar-refractivity contribution in [1.82, 2.24) is 20.2 Å². The summed E-state index contributed by atoms with van der Waals surface area (Å²) < 4.78 is 0. The Kier molecular flexibility index (Phi) is 4.98. The molecule has 2 aliphatic rings. The first-order chi connectivity index (χ1) is 13.6. The fourth-order valence-corrected chi connectivity index (χ4v) is 3.70. The number of rotatable bonds is 5. The minimum atomic E-state index is -0.866. The van der Waals surface area contributed by atoms with E-state index >= 15 is 0 Å². The summed E-state index contributed by atoms with van der Waals surface area (Å²) in [6.07, 6.45) is 4.70. The van der Waals surface area contributed by atoms with Crippen molar-refractivity contribution in [2.45, 2.75) is 26.3 Å². The Hall–Kier alpha value is -2.96. The van der Waals surface area contributed by atoms with Gasteiger partial charge in [0.05, 0.1) is 0 Å². The number of nitrogens with one attached hydrogen (secondary N) is 1. The van der Waals surface area contributed by atoms with Crippen LogP contribution in [0.4, 0.5) is 5.95 Å². The number of carbonyl (C=O) groups excluding carboxylic acids is 2. The van der Waals surface area contributed by atoms with Crippen molar-refractivity contribution in [3.63, 3.8) is 0 Å². The normalized spacial score (nSPS) is 17.9. The van der Waals surface area contributed by atoms with E-state index in [1.54, 1.807) is 18.5 Å². The first-order valence-electron chi connectivity index (χ1n) is 9.74. The summed E-state index contributed by atoms with van der Waals surface area (Å²) in [6, 6.07) is 9.82. The first kappa shape index (κ1) is 18.4. The molecular weight excluding hydrogens is 354 g/mol. The summed E-state index contributed by atoms with van der Waals surface area (Å²) in [6.45, 7) is 5.01. The third-order valence-electron chi connectivity index (χ3n) is 5.53. The minimum Gasteiger partial charge on any atom is -0.351 e. The van der Waals surface area contributed by atoms with Crippen molar-refractivity contribution in [1.29, 1.82) is 0 Å². The molecule has 2 aromatic rings. The molecule has 1 aromatic carbocycles. The predicted molar refractivity (Wildman–Crippen MR) is 106 cm³/mol. The topological polar surface area (TPSA) is 78.4 Å². The predicted octanol–water partition coefficient (Wildman–Crippen LogP) is 1.53. The Morgan fingerprint density at radius 3 is 2.43 bits per heavy atom. The fourth-order valence-electron chi connectivity index (χ4n) is 3.70. The summed E-state index contributed by atoms with van der Waals surface area (Å²) in [4.78, 5) is 38.2. The van der Waals surface area contributed by atoms with Crippen LogP contribution in [0.1, 0.15) is 24.0 Å². The maximum Gasteiger partial charge on any atom is 0.238 e. The molecule has 7 nitrogen and oxygen atoms in total. The lowest BCUT2D eigenvalue weighted by Crippen LogP contribution is -2.53. The number of amides is 2. The lowest BCUT2D eigenvalue weighted by atomic mass is 10.0. The van der Waals surface area contributed by atoms with Gasteiger partial charge in [-0.3, -0.25) is 9.59 Å². The highest BCUT2D eigenvalue weighted by atomic mass is 16.2. The Bertz CT molecular complexity index is 858. The first-order valence-corrected chi connectivity index (χ1v) is 9.74. The van der Waals surface area contributed by atoms with Gasteiger partial charge in [-0.25, -0.2) is 9.97 Å². The van der Waals surface area contributed by atoms with E-state index in [0.29, 0.717) is 51.5 Å². The molecule has 4 rings (SSSR count). The average molecular weight is 379 g/mol. The number of carbonyl (C=O) groups is 2. The van der Waals surface area contributed by atoms with Crippen LogP contribution in [-0.4, -0.2) is 52.9 Å². The Morgan fingerprint density at radius 1 is 1.07 bits per heavy atom. The number of hydrogen-bond donors (Lipinski definition) is 1. The third kappa shape index (κ3) is 3.69. The summed E-state index contributed by atoms with van der Waals surface area (Å²) in [5, 5.41) is 2.97. The van der Waals surface area contributed by atoms with Crippen molar-refractivity contribution in [3.05, 3.63) is 53.9 Å². The molecule has 0 atom stereocenters. The second-order valence-corrected chi connectivity index (χ2v) is 7.58. The molecule has 1 saturated carbocycles. The Balaban J connectivity index is 1.33. The van der Waals surface area contributed by atoms with Gasteiger partial charge in [-0.05, 0) is 31.4 Å². The molecule has 0 bridgehead atoms. The number of hydrogen-bond acceptors (Lipinski definition) is 5. The standard InChI is InChI=1S/C21H25N5O2/c1-16-4-2-5-17(14-16)15-24-18(27)21(6-7-21)19(28)25-10-12-26(13-11-25)20-22-8-3-9-23-20/h2-5,8-9,14H,6-7,10-13,15H2,1H3,(H,24,27). The van der Waals surface area contributed by atoms with Gasteiger partial charge in [-0.2, -0.15) is 0 Å². The molecule has 1 N–H and O–H groups in total. The number of aryl methyl sites for hydroxylation is 1. The summed E-state index contributed by atoms with van der Waals surface area (Å²) in [5.41, 5.74) is 1.34. The van der Waals surface area contributed by atoms with Gasteiger partial charge in [0.2, 0.25) is 17.8 Å². The highest BCUT2D eigenvalue weighted by molar-refractivity contribution is 6.07. The zero-order valence-electron chi connectivity index (χ0n) is 16.1. The van der Waals surface area contributed by atoms with E-state index in [4.69, 9.17) is 0 Å². The molecule has 0 unspecified atom stereocenters. The van der Waals surface area contributed by atoms with E-state index in [-0.39, 0.29) is 11.8 Å². The van der Waals surface area contributed by atoms with Gasteiger partial charge in [-0.15, -0.1) is 0 Å². The number of anilines is 1. The van der Waals surface area contributed by atoms with E-state index in [1.165, 1.54) is 0 Å². The van der Waals surface area contributed by atoms with Crippen molar-refractivity contribution < 1.29 is 9.59 Å². The van der Waals surface area contributed by atoms with Gasteiger partial charge in [0, 0.05) is 45.1 Å². The molecule has 2 amide bonds. The molecule has 28 heavy (non-hydrogen) atoms. The largest absolute Gasteiger partial charge is 0.351 e. The molecule has 1 aromatic heterocycles. The van der Waals surface area contributed by atoms with E-state index < -0.39 is 5.41 Å². The third-order valence-corrected chi connectivity index (χ3v) is 5.53. The second kappa shape index (κ2) is 7.58. The van der Waals surface area contributed by atoms with Crippen LogP contribution < -0.4 is 10.2 Å². The summed E-state index contributed by atoms with van der Waals surface area (Å²) in [5.74, 6) is 0.502. The molecule has 2 heterocycles. The minimum absolute atomic E-state index is 0.0390. The van der Waals surface area contributed by atoms with Gasteiger partial charge in [0.15, 0.2) is 0 Å². The van der Waals surface area contributed by atoms with Crippen molar-refractivity contribution >= 4 is 17.8 Å². The molecule has 146 valence electrons. The highest BCUT2D eigenvalue weighted by Crippen LogP contribution is 2.47. The summed E-state index contributed by atoms with van der Waals surface area (Å²) >= 11 is 0. The van der Waals surface area contributed by atoms with Crippen LogP contribution in [0, 0.1) is 12.3 Å². The van der Waals surface area contributed by atoms with Crippen LogP contribution >= 0.6 is 0 Å². The van der Waals surface area contributed by atoms with Crippen LogP contribution in [0.5, 0.6) is 0 Å². The maximum atomic E-state index is 13.0. The lowest BCUT2D eigenvalue weighted by Gasteiger charge is -2.36. The van der Waals surface area contributed by atoms with Crippen molar-refractivity contribution in [3.8, 4) is 0 Å². The Labute approximate surface area is 164 Å². The quantitative estimate of drug-likeness (QED) is 0.797. The van der Waals surface area contributed by atoms with Crippen LogP contribution in [0.3, 0.4) is 0 Å². The average Bonchev–Trinajstić information content (AvgIpc) is 3.54.